The van der Waals surface area contributed by atoms with Crippen LogP contribution in [0, 0.1) is 23.7 Å². The van der Waals surface area contributed by atoms with Gasteiger partial charge in [-0.2, -0.15) is 0 Å². The summed E-state index contributed by atoms with van der Waals surface area (Å²) in [5.41, 5.74) is 14.0. The number of benzene rings is 4. The van der Waals surface area contributed by atoms with E-state index in [9.17, 15) is 38.4 Å². The van der Waals surface area contributed by atoms with Crippen LogP contribution in [0.15, 0.2) is 196 Å². The molecule has 4 aliphatic heterocycles. The fraction of sp³-hybridized carbons (Fsp3) is 0.300. The number of carboxylic acids is 1. The lowest BCUT2D eigenvalue weighted by Crippen LogP contribution is -2.48. The predicted molar refractivity (Wildman–Crippen MR) is 416 cm³/mol. The van der Waals surface area contributed by atoms with Crippen molar-refractivity contribution in [1.82, 2.24) is 116 Å². The van der Waals surface area contributed by atoms with E-state index < -0.39 is 47.9 Å². The molecule has 592 valence electrons. The second kappa shape index (κ2) is 32.9. The molecule has 0 spiro atoms. The minimum absolute atomic E-state index is 0.0196. The van der Waals surface area contributed by atoms with Crippen molar-refractivity contribution in [3.8, 4) is 0 Å². The molecule has 4 aromatic carbocycles. The first-order valence-electron chi connectivity index (χ1n) is 37.8. The van der Waals surface area contributed by atoms with E-state index in [-0.39, 0.29) is 87.8 Å². The standard InChI is InChI=1S/3C20H19N7O2.C10H12N4O.C10H9N3O2/c3*1-26-18-16(21-7-8-22-18)13-9-14(13)17(20(26)29)23-19(28)15-11-27(25-24-15)10-12-5-3-2-4-6-12;1-14-9-8(12-2-3-13-9)6-4-5(6)7(11)10(14)15;14-10(15)9-7-13(12-11-9)6-8-4-2-1-3-5-8/h3*2-8,11,13-14,17H,9-10H2,1H3,(H,23,28);2-3,5-7H,4,11H2,1H3;1-5,7H,6H2,(H,14,15)/t2*13-,14?,17+;13-,14+,17+;5?,6-,7+;/m1101./s1. The van der Waals surface area contributed by atoms with Crippen molar-refractivity contribution in [3.63, 3.8) is 0 Å². The molecular weight excluding hydrogens is 1500 g/mol. The predicted octanol–water partition coefficient (Wildman–Crippen LogP) is 3.89. The molecule has 8 aromatic heterocycles. The first kappa shape index (κ1) is 76.5. The third-order valence-electron chi connectivity index (χ3n) is 21.7. The first-order valence-corrected chi connectivity index (χ1v) is 37.8. The van der Waals surface area contributed by atoms with Crippen LogP contribution in [-0.2, 0) is 45.4 Å². The molecule has 37 nitrogen and oxygen atoms in total. The Labute approximate surface area is 667 Å². The maximum absolute atomic E-state index is 13.0. The number of carbonyl (C=O) groups is 8. The Kier molecular flexibility index (Phi) is 21.5. The zero-order chi connectivity index (χ0) is 81.1. The van der Waals surface area contributed by atoms with Gasteiger partial charge in [0.25, 0.3) is 35.4 Å². The maximum atomic E-state index is 13.0. The van der Waals surface area contributed by atoms with Crippen molar-refractivity contribution < 1.29 is 43.5 Å². The van der Waals surface area contributed by atoms with Crippen molar-refractivity contribution in [2.45, 2.75) is 99.7 Å². The summed E-state index contributed by atoms with van der Waals surface area (Å²) in [6.07, 6.45) is 22.5. The second-order valence-corrected chi connectivity index (χ2v) is 29.5. The van der Waals surface area contributed by atoms with Gasteiger partial charge in [-0.25, -0.2) is 43.5 Å². The van der Waals surface area contributed by atoms with Gasteiger partial charge in [-0.05, 0) is 71.6 Å². The number of aromatic carboxylic acids is 1. The summed E-state index contributed by atoms with van der Waals surface area (Å²) in [5, 5.41) is 48.5. The number of nitrogens with one attached hydrogen (secondary N) is 3. The van der Waals surface area contributed by atoms with Gasteiger partial charge in [0.05, 0.1) is 79.8 Å². The number of aromatic nitrogens is 20. The Balaban J connectivity index is 0.000000112. The van der Waals surface area contributed by atoms with E-state index in [0.717, 1.165) is 70.7 Å². The van der Waals surface area contributed by atoms with E-state index >= 15 is 0 Å². The van der Waals surface area contributed by atoms with Crippen LogP contribution in [0.5, 0.6) is 0 Å². The van der Waals surface area contributed by atoms with Crippen LogP contribution >= 0.6 is 0 Å². The van der Waals surface area contributed by atoms with Crippen molar-refractivity contribution in [3.05, 3.63) is 263 Å². The van der Waals surface area contributed by atoms with E-state index in [1.54, 1.807) is 110 Å². The minimum atomic E-state index is -1.06. The summed E-state index contributed by atoms with van der Waals surface area (Å²) >= 11 is 0. The quantitative estimate of drug-likeness (QED) is 0.0971. The highest BCUT2D eigenvalue weighted by molar-refractivity contribution is 6.05. The van der Waals surface area contributed by atoms with Crippen LogP contribution in [0.2, 0.25) is 0 Å². The molecule has 3 unspecified atom stereocenters. The Hall–Kier alpha value is -14.5. The fourth-order valence-electron chi connectivity index (χ4n) is 15.2. The number of carbonyl (C=O) groups excluding carboxylic acids is 7. The summed E-state index contributed by atoms with van der Waals surface area (Å²) in [7, 11) is 6.70. The smallest absolute Gasteiger partial charge is 0.358 e. The zero-order valence-corrected chi connectivity index (χ0v) is 63.6. The van der Waals surface area contributed by atoms with Gasteiger partial charge in [0.1, 0.15) is 18.1 Å². The van der Waals surface area contributed by atoms with E-state index in [0.29, 0.717) is 55.4 Å². The number of fused-ring (bicyclic) bond motifs is 12. The van der Waals surface area contributed by atoms with Gasteiger partial charge >= 0.3 is 5.97 Å². The second-order valence-electron chi connectivity index (χ2n) is 29.5. The Morgan fingerprint density at radius 2 is 0.590 bits per heavy atom. The Bertz CT molecular complexity index is 5280. The summed E-state index contributed by atoms with van der Waals surface area (Å²) in [6.45, 7) is 2.08. The molecule has 0 saturated heterocycles. The molecule has 12 aromatic rings. The summed E-state index contributed by atoms with van der Waals surface area (Å²) < 4.78 is 6.32. The number of carboxylic acid groups (broad SMARTS) is 1. The van der Waals surface area contributed by atoms with Crippen molar-refractivity contribution in [1.29, 1.82) is 0 Å². The van der Waals surface area contributed by atoms with E-state index in [4.69, 9.17) is 10.8 Å². The maximum Gasteiger partial charge on any atom is 0.358 e. The van der Waals surface area contributed by atoms with Gasteiger partial charge in [-0.3, -0.25) is 73.1 Å². The molecule has 4 aliphatic carbocycles. The number of nitrogens with zero attached hydrogens (tertiary/aromatic N) is 24. The van der Waals surface area contributed by atoms with Crippen LogP contribution in [-0.4, -0.2) is 205 Å². The third kappa shape index (κ3) is 16.7. The van der Waals surface area contributed by atoms with Crippen LogP contribution in [0.3, 0.4) is 0 Å². The summed E-state index contributed by atoms with van der Waals surface area (Å²) in [6, 6.07) is 36.8. The third-order valence-corrected chi connectivity index (χ3v) is 21.7. The number of anilines is 4. The average Bonchev–Trinajstić information content (AvgIpc) is 1.61. The van der Waals surface area contributed by atoms with Crippen molar-refractivity contribution in [2.75, 3.05) is 47.8 Å². The fourth-order valence-corrected chi connectivity index (χ4v) is 15.2. The molecule has 20 rings (SSSR count). The Morgan fingerprint density at radius 1 is 0.350 bits per heavy atom. The molecule has 117 heavy (non-hydrogen) atoms. The van der Waals surface area contributed by atoms with E-state index in [1.807, 2.05) is 121 Å². The summed E-state index contributed by atoms with van der Waals surface area (Å²) in [4.78, 5) is 140. The molecule has 8 aliphatic rings. The molecule has 12 heterocycles. The lowest BCUT2D eigenvalue weighted by molar-refractivity contribution is -0.121. The molecule has 6 N–H and O–H groups in total. The van der Waals surface area contributed by atoms with Crippen LogP contribution in [0.4, 0.5) is 23.3 Å². The normalized spacial score (nSPS) is 22.2. The van der Waals surface area contributed by atoms with Gasteiger partial charge in [0.15, 0.2) is 46.0 Å². The molecule has 4 saturated carbocycles. The van der Waals surface area contributed by atoms with Gasteiger partial charge in [0.2, 0.25) is 5.91 Å². The number of likely N-dealkylation sites (N-methyl/N-ethyl adjacent to an activating group) is 4. The number of hydrogen-bond acceptors (Lipinski definition) is 25. The van der Waals surface area contributed by atoms with Gasteiger partial charge < -0.3 is 26.8 Å². The lowest BCUT2D eigenvalue weighted by atomic mass is 10.1. The van der Waals surface area contributed by atoms with E-state index in [2.05, 4.69) is 97.1 Å². The molecule has 0 bridgehead atoms. The number of nitrogens with two attached hydrogens (primary N) is 1. The monoisotopic (exact) mass is 1570 g/mol. The molecule has 4 fully saturated rings. The van der Waals surface area contributed by atoms with Crippen LogP contribution in [0.25, 0.3) is 0 Å². The van der Waals surface area contributed by atoms with Crippen molar-refractivity contribution >= 4 is 70.6 Å². The molecule has 37 heteroatoms. The average molecular weight is 1580 g/mol. The largest absolute Gasteiger partial charge is 0.476 e. The van der Waals surface area contributed by atoms with Crippen LogP contribution < -0.4 is 41.3 Å². The van der Waals surface area contributed by atoms with Crippen molar-refractivity contribution in [2.24, 2.45) is 29.4 Å². The first-order chi connectivity index (χ1) is 56.8. The minimum Gasteiger partial charge on any atom is -0.476 e. The summed E-state index contributed by atoms with van der Waals surface area (Å²) in [5.74, 6) is 0.492. The highest BCUT2D eigenvalue weighted by Gasteiger charge is 2.57. The topological polar surface area (TPSA) is 458 Å². The highest BCUT2D eigenvalue weighted by Crippen LogP contribution is 2.56. The molecule has 0 radical (unpaired) electrons. The van der Waals surface area contributed by atoms with Gasteiger partial charge in [-0.1, -0.05) is 142 Å². The number of hydrogen-bond donors (Lipinski definition) is 5. The van der Waals surface area contributed by atoms with Crippen LogP contribution in [0.1, 0.15) is 136 Å². The highest BCUT2D eigenvalue weighted by atomic mass is 16.4. The Morgan fingerprint density at radius 3 is 0.863 bits per heavy atom. The lowest BCUT2D eigenvalue weighted by Gasteiger charge is -2.22. The zero-order valence-electron chi connectivity index (χ0n) is 63.6. The number of amides is 7. The van der Waals surface area contributed by atoms with Gasteiger partial charge in [0, 0.05) is 101 Å². The molecular formula is C80H78N28O9. The number of rotatable bonds is 15. The van der Waals surface area contributed by atoms with Gasteiger partial charge in [-0.15, -0.1) is 20.4 Å². The molecule has 12 atom stereocenters. The van der Waals surface area contributed by atoms with E-state index in [1.165, 1.54) is 30.5 Å². The SMILES string of the molecule is CN1C(=O)[C@@H](N)C2C[C@H]2c2nccnc21.CN1C(=O)[C@@H](NC(=O)c2cn(Cc3ccccc3)nn2)C2C[C@H]2c2nccnc21.CN1C(=O)[C@@H](NC(=O)c2cn(Cc3ccccc3)nn2)C2C[C@H]2c2nccnc21.CN1C(=O)[C@H](NC(=O)c2cn(Cc3ccccc3)nn2)[C@@H]2C[C@@H]2c2nccnc21.O=C(O)c1cn(Cc2ccccc2)nn1. The molecule has 7 amide bonds.